The zero-order chi connectivity index (χ0) is 23.8. The van der Waals surface area contributed by atoms with Crippen LogP contribution < -0.4 is 0 Å². The van der Waals surface area contributed by atoms with Crippen molar-refractivity contribution in [3.63, 3.8) is 0 Å². The Balaban J connectivity index is 1.94. The molecule has 32 heavy (non-hydrogen) atoms. The van der Waals surface area contributed by atoms with Gasteiger partial charge < -0.3 is 29.9 Å². The predicted octanol–water partition coefficient (Wildman–Crippen LogP) is 2.72. The van der Waals surface area contributed by atoms with E-state index in [9.17, 15) is 30.0 Å². The average molecular weight is 451 g/mol. The first-order valence-electron chi connectivity index (χ1n) is 11.4. The van der Waals surface area contributed by atoms with Gasteiger partial charge in [-0.25, -0.2) is 0 Å². The Morgan fingerprint density at radius 2 is 1.94 bits per heavy atom. The maximum absolute atomic E-state index is 13.6. The highest BCUT2D eigenvalue weighted by atomic mass is 16.7. The second kappa shape index (κ2) is 9.47. The third kappa shape index (κ3) is 4.17. The van der Waals surface area contributed by atoms with Crippen molar-refractivity contribution in [3.05, 3.63) is 22.8 Å². The minimum Gasteiger partial charge on any atom is -0.507 e. The van der Waals surface area contributed by atoms with E-state index in [0.29, 0.717) is 37.5 Å². The van der Waals surface area contributed by atoms with Crippen LogP contribution in [0.15, 0.2) is 6.07 Å². The van der Waals surface area contributed by atoms with Crippen LogP contribution in [-0.2, 0) is 15.9 Å². The Kier molecular flexibility index (Phi) is 7.29. The first kappa shape index (κ1) is 24.6. The van der Waals surface area contributed by atoms with E-state index in [-0.39, 0.29) is 35.3 Å². The number of aromatic hydroxyl groups is 2. The zero-order valence-electron chi connectivity index (χ0n) is 19.1. The lowest BCUT2D eigenvalue weighted by molar-refractivity contribution is -0.239. The van der Waals surface area contributed by atoms with Crippen LogP contribution >= 0.6 is 0 Å². The molecule has 1 aromatic rings. The first-order chi connectivity index (χ1) is 15.1. The van der Waals surface area contributed by atoms with Gasteiger partial charge in [-0.3, -0.25) is 9.59 Å². The SMILES string of the molecule is CCCC(C(=O)c1cc(CC(C)C)c(O)c(C=O)c1O)[C@H]1C[C@@H](O)C2(O[C@H]2CC)[C@H](O)O1. The van der Waals surface area contributed by atoms with Gasteiger partial charge in [-0.2, -0.15) is 0 Å². The van der Waals surface area contributed by atoms with E-state index in [1.165, 1.54) is 6.07 Å². The van der Waals surface area contributed by atoms with Crippen molar-refractivity contribution in [2.24, 2.45) is 11.8 Å². The standard InChI is InChI=1S/C24H34O8/c1-5-7-14(17-10-18(26)24(23(30)31-17)19(6-2)32-24)21(28)15-9-13(8-12(3)4)20(27)16(11-25)22(15)29/h9,11-12,14,17-19,23,26-27,29-30H,5-8,10H2,1-4H3/t14?,17-,18-,19+,23-,24?/m1/s1. The van der Waals surface area contributed by atoms with Crippen molar-refractivity contribution in [2.75, 3.05) is 0 Å². The fraction of sp³-hybridized carbons (Fsp3) is 0.667. The minimum atomic E-state index is -1.37. The van der Waals surface area contributed by atoms with Crippen molar-refractivity contribution in [1.29, 1.82) is 0 Å². The molecule has 0 saturated carbocycles. The number of ketones is 1. The van der Waals surface area contributed by atoms with Crippen LogP contribution in [0.1, 0.15) is 79.7 Å². The smallest absolute Gasteiger partial charge is 0.189 e. The predicted molar refractivity (Wildman–Crippen MR) is 116 cm³/mol. The normalized spacial score (nSPS) is 30.5. The molecule has 0 bridgehead atoms. The summed E-state index contributed by atoms with van der Waals surface area (Å²) in [6.07, 6.45) is -0.969. The maximum atomic E-state index is 13.6. The molecule has 0 aromatic heterocycles. The molecule has 0 radical (unpaired) electrons. The van der Waals surface area contributed by atoms with E-state index in [1.54, 1.807) is 0 Å². The van der Waals surface area contributed by atoms with Crippen LogP contribution in [0, 0.1) is 11.8 Å². The minimum absolute atomic E-state index is 0.0685. The number of benzene rings is 1. The van der Waals surface area contributed by atoms with Gasteiger partial charge in [-0.1, -0.05) is 34.1 Å². The molecule has 2 heterocycles. The van der Waals surface area contributed by atoms with E-state index in [2.05, 4.69) is 0 Å². The van der Waals surface area contributed by atoms with Gasteiger partial charge in [-0.15, -0.1) is 0 Å². The molecular formula is C24H34O8. The molecule has 2 aliphatic rings. The molecular weight excluding hydrogens is 416 g/mol. The molecule has 178 valence electrons. The average Bonchev–Trinajstić information content (AvgIpc) is 3.48. The van der Waals surface area contributed by atoms with E-state index in [1.807, 2.05) is 27.7 Å². The lowest BCUT2D eigenvalue weighted by Gasteiger charge is -2.39. The Labute approximate surface area is 188 Å². The third-order valence-electron chi connectivity index (χ3n) is 6.61. The highest BCUT2D eigenvalue weighted by molar-refractivity contribution is 6.04. The summed E-state index contributed by atoms with van der Waals surface area (Å²) in [7, 11) is 0. The summed E-state index contributed by atoms with van der Waals surface area (Å²) in [6, 6.07) is 1.43. The van der Waals surface area contributed by atoms with Crippen molar-refractivity contribution < 1.29 is 39.5 Å². The molecule has 2 aliphatic heterocycles. The Morgan fingerprint density at radius 1 is 1.25 bits per heavy atom. The fourth-order valence-electron chi connectivity index (χ4n) is 4.91. The number of phenolic OH excluding ortho intramolecular Hbond substituents is 2. The second-order valence-electron chi connectivity index (χ2n) is 9.32. The van der Waals surface area contributed by atoms with Gasteiger partial charge in [0.2, 0.25) is 0 Å². The van der Waals surface area contributed by atoms with Crippen molar-refractivity contribution in [1.82, 2.24) is 0 Å². The Morgan fingerprint density at radius 3 is 2.44 bits per heavy atom. The summed E-state index contributed by atoms with van der Waals surface area (Å²) < 4.78 is 11.3. The van der Waals surface area contributed by atoms with E-state index >= 15 is 0 Å². The number of carbonyl (C=O) groups is 2. The Hall–Kier alpha value is -2.00. The number of phenols is 2. The highest BCUT2D eigenvalue weighted by Gasteiger charge is 2.68. The topological polar surface area (TPSA) is 137 Å². The van der Waals surface area contributed by atoms with Crippen LogP contribution in [0.4, 0.5) is 0 Å². The van der Waals surface area contributed by atoms with Crippen LogP contribution in [0.5, 0.6) is 11.5 Å². The lowest BCUT2D eigenvalue weighted by Crippen LogP contribution is -2.55. The number of aliphatic hydroxyl groups is 2. The van der Waals surface area contributed by atoms with Gasteiger partial charge in [0.25, 0.3) is 0 Å². The fourth-order valence-corrected chi connectivity index (χ4v) is 4.91. The number of aldehydes is 1. The number of epoxide rings is 1. The molecule has 1 spiro atoms. The highest BCUT2D eigenvalue weighted by Crippen LogP contribution is 2.50. The first-order valence-corrected chi connectivity index (χ1v) is 11.4. The van der Waals surface area contributed by atoms with Crippen LogP contribution in [0.25, 0.3) is 0 Å². The molecule has 4 N–H and O–H groups in total. The number of hydrogen-bond donors (Lipinski definition) is 4. The van der Waals surface area contributed by atoms with Gasteiger partial charge in [-0.05, 0) is 36.8 Å². The summed E-state index contributed by atoms with van der Waals surface area (Å²) >= 11 is 0. The molecule has 0 aliphatic carbocycles. The van der Waals surface area contributed by atoms with Gasteiger partial charge in [0.1, 0.15) is 11.5 Å². The molecule has 3 rings (SSSR count). The van der Waals surface area contributed by atoms with E-state index in [0.717, 1.165) is 0 Å². The molecule has 2 fully saturated rings. The summed E-state index contributed by atoms with van der Waals surface area (Å²) in [5.74, 6) is -1.97. The van der Waals surface area contributed by atoms with Crippen molar-refractivity contribution in [3.8, 4) is 11.5 Å². The van der Waals surface area contributed by atoms with Crippen LogP contribution in [0.3, 0.4) is 0 Å². The monoisotopic (exact) mass is 450 g/mol. The zero-order valence-corrected chi connectivity index (χ0v) is 19.1. The quantitative estimate of drug-likeness (QED) is 0.256. The van der Waals surface area contributed by atoms with Gasteiger partial charge >= 0.3 is 0 Å². The number of aliphatic hydroxyl groups excluding tert-OH is 2. The largest absolute Gasteiger partial charge is 0.507 e. The van der Waals surface area contributed by atoms with E-state index in [4.69, 9.17) is 9.47 Å². The molecule has 8 heteroatoms. The number of hydrogen-bond acceptors (Lipinski definition) is 8. The van der Waals surface area contributed by atoms with Gasteiger partial charge in [0, 0.05) is 12.3 Å². The van der Waals surface area contributed by atoms with Crippen molar-refractivity contribution in [2.45, 2.75) is 90.0 Å². The molecule has 2 saturated heterocycles. The number of Topliss-reactive ketones (excluding diaryl/α,β-unsaturated/α-hetero) is 1. The molecule has 0 amide bonds. The second-order valence-corrected chi connectivity index (χ2v) is 9.32. The van der Waals surface area contributed by atoms with Gasteiger partial charge in [0.05, 0.1) is 29.4 Å². The maximum Gasteiger partial charge on any atom is 0.189 e. The summed E-state index contributed by atoms with van der Waals surface area (Å²) in [4.78, 5) is 25.1. The van der Waals surface area contributed by atoms with Crippen LogP contribution in [0.2, 0.25) is 0 Å². The number of carbonyl (C=O) groups excluding carboxylic acids is 2. The molecule has 8 nitrogen and oxygen atoms in total. The third-order valence-corrected chi connectivity index (χ3v) is 6.61. The number of rotatable bonds is 9. The molecule has 1 aromatic carbocycles. The van der Waals surface area contributed by atoms with Crippen LogP contribution in [-0.4, -0.2) is 62.7 Å². The molecule has 6 atom stereocenters. The number of ether oxygens (including phenoxy) is 2. The Bertz CT molecular complexity index is 852. The van der Waals surface area contributed by atoms with Gasteiger partial charge in [0.15, 0.2) is 24.0 Å². The summed E-state index contributed by atoms with van der Waals surface area (Å²) in [5, 5.41) is 42.3. The molecule has 2 unspecified atom stereocenters. The van der Waals surface area contributed by atoms with Crippen molar-refractivity contribution >= 4 is 12.1 Å². The lowest BCUT2D eigenvalue weighted by atomic mass is 9.80. The summed E-state index contributed by atoms with van der Waals surface area (Å²) in [6.45, 7) is 7.66. The van der Waals surface area contributed by atoms with E-state index < -0.39 is 41.5 Å². The summed E-state index contributed by atoms with van der Waals surface area (Å²) in [5.41, 5.74) is -1.14.